The van der Waals surface area contributed by atoms with Crippen LogP contribution in [-0.2, 0) is 11.2 Å². The van der Waals surface area contributed by atoms with Crippen LogP contribution in [0.1, 0.15) is 23.4 Å². The van der Waals surface area contributed by atoms with E-state index in [9.17, 15) is 4.79 Å². The first-order valence-electron chi connectivity index (χ1n) is 6.69. The number of hydrogen-bond donors (Lipinski definition) is 1. The number of carboxylic acids is 1. The Morgan fingerprint density at radius 1 is 1.33 bits per heavy atom. The standard InChI is InChI=1S/C15H15N3O2S/c1-9-11(7-8-14(19)20)10(2)18(17-9)15-16-12-5-3-4-6-13(12)21-15/h3-6H,7-8H2,1-2H3,(H,19,20). The number of carbonyl (C=O) groups is 1. The Bertz CT molecular complexity index is 787. The van der Waals surface area contributed by atoms with Crippen molar-refractivity contribution in [3.8, 4) is 5.13 Å². The van der Waals surface area contributed by atoms with Gasteiger partial charge in [-0.1, -0.05) is 23.5 Å². The molecule has 0 amide bonds. The lowest BCUT2D eigenvalue weighted by Crippen LogP contribution is -2.01. The molecule has 0 bridgehead atoms. The molecule has 0 aliphatic rings. The minimum atomic E-state index is -0.790. The molecule has 0 radical (unpaired) electrons. The van der Waals surface area contributed by atoms with Crippen LogP contribution < -0.4 is 0 Å². The van der Waals surface area contributed by atoms with Gasteiger partial charge in [0.15, 0.2) is 0 Å². The van der Waals surface area contributed by atoms with E-state index in [0.717, 1.165) is 32.3 Å². The number of aromatic nitrogens is 3. The van der Waals surface area contributed by atoms with Crippen molar-refractivity contribution in [2.45, 2.75) is 26.7 Å². The number of hydrogen-bond acceptors (Lipinski definition) is 4. The number of rotatable bonds is 4. The molecule has 108 valence electrons. The van der Waals surface area contributed by atoms with E-state index in [1.807, 2.05) is 42.8 Å². The Morgan fingerprint density at radius 3 is 2.81 bits per heavy atom. The molecule has 0 saturated heterocycles. The molecular formula is C15H15N3O2S. The zero-order valence-corrected chi connectivity index (χ0v) is 12.6. The Morgan fingerprint density at radius 2 is 2.10 bits per heavy atom. The summed E-state index contributed by atoms with van der Waals surface area (Å²) >= 11 is 1.58. The molecular weight excluding hydrogens is 286 g/mol. The summed E-state index contributed by atoms with van der Waals surface area (Å²) in [6.45, 7) is 3.87. The van der Waals surface area contributed by atoms with Gasteiger partial charge in [0.05, 0.1) is 15.9 Å². The van der Waals surface area contributed by atoms with Crippen molar-refractivity contribution in [3.05, 3.63) is 41.2 Å². The van der Waals surface area contributed by atoms with Crippen LogP contribution in [0.25, 0.3) is 15.3 Å². The molecule has 0 fully saturated rings. The SMILES string of the molecule is Cc1nn(-c2nc3ccccc3s2)c(C)c1CCC(=O)O. The molecule has 21 heavy (non-hydrogen) atoms. The van der Waals surface area contributed by atoms with Gasteiger partial charge in [0.2, 0.25) is 5.13 Å². The number of thiazole rings is 1. The smallest absolute Gasteiger partial charge is 0.303 e. The highest BCUT2D eigenvalue weighted by atomic mass is 32.1. The molecule has 6 heteroatoms. The fraction of sp³-hybridized carbons (Fsp3) is 0.267. The maximum absolute atomic E-state index is 10.8. The van der Waals surface area contributed by atoms with E-state index >= 15 is 0 Å². The van der Waals surface area contributed by atoms with Gasteiger partial charge in [-0.05, 0) is 38.0 Å². The second-order valence-electron chi connectivity index (χ2n) is 4.92. The number of carboxylic acid groups (broad SMARTS) is 1. The predicted octanol–water partition coefficient (Wildman–Crippen LogP) is 3.12. The second-order valence-corrected chi connectivity index (χ2v) is 5.93. The molecule has 2 aromatic heterocycles. The molecule has 0 aliphatic heterocycles. The number of para-hydroxylation sites is 1. The average molecular weight is 301 g/mol. The lowest BCUT2D eigenvalue weighted by molar-refractivity contribution is -0.136. The Hall–Kier alpha value is -2.21. The summed E-state index contributed by atoms with van der Waals surface area (Å²) in [5.41, 5.74) is 3.79. The van der Waals surface area contributed by atoms with Crippen LogP contribution in [0.15, 0.2) is 24.3 Å². The summed E-state index contributed by atoms with van der Waals surface area (Å²) in [4.78, 5) is 15.3. The molecule has 1 aromatic carbocycles. The Balaban J connectivity index is 2.02. The normalized spacial score (nSPS) is 11.1. The van der Waals surface area contributed by atoms with Crippen LogP contribution in [0.3, 0.4) is 0 Å². The molecule has 2 heterocycles. The zero-order valence-electron chi connectivity index (χ0n) is 11.8. The van der Waals surface area contributed by atoms with E-state index in [1.54, 1.807) is 11.3 Å². The van der Waals surface area contributed by atoms with Crippen LogP contribution in [0, 0.1) is 13.8 Å². The van der Waals surface area contributed by atoms with E-state index < -0.39 is 5.97 Å². The minimum Gasteiger partial charge on any atom is -0.481 e. The molecule has 0 unspecified atom stereocenters. The lowest BCUT2D eigenvalue weighted by atomic mass is 10.1. The fourth-order valence-corrected chi connectivity index (χ4v) is 3.38. The van der Waals surface area contributed by atoms with Gasteiger partial charge in [-0.2, -0.15) is 5.10 Å². The first-order chi connectivity index (χ1) is 10.1. The van der Waals surface area contributed by atoms with Crippen LogP contribution >= 0.6 is 11.3 Å². The third-order valence-electron chi connectivity index (χ3n) is 3.49. The third kappa shape index (κ3) is 2.54. The summed E-state index contributed by atoms with van der Waals surface area (Å²) in [6, 6.07) is 7.97. The van der Waals surface area contributed by atoms with Crippen molar-refractivity contribution in [1.82, 2.24) is 14.8 Å². The van der Waals surface area contributed by atoms with Crippen LogP contribution in [0.2, 0.25) is 0 Å². The van der Waals surface area contributed by atoms with E-state index in [4.69, 9.17) is 5.11 Å². The molecule has 0 spiro atoms. The van der Waals surface area contributed by atoms with E-state index in [1.165, 1.54) is 0 Å². The average Bonchev–Trinajstić information content (AvgIpc) is 2.98. The highest BCUT2D eigenvalue weighted by Crippen LogP contribution is 2.27. The number of aliphatic carboxylic acids is 1. The Kier molecular flexibility index (Phi) is 3.47. The number of nitrogens with zero attached hydrogens (tertiary/aromatic N) is 3. The molecule has 0 saturated carbocycles. The van der Waals surface area contributed by atoms with Crippen molar-refractivity contribution in [1.29, 1.82) is 0 Å². The van der Waals surface area contributed by atoms with Gasteiger partial charge >= 0.3 is 5.97 Å². The van der Waals surface area contributed by atoms with E-state index in [0.29, 0.717) is 6.42 Å². The first-order valence-corrected chi connectivity index (χ1v) is 7.50. The molecule has 0 atom stereocenters. The lowest BCUT2D eigenvalue weighted by Gasteiger charge is -2.00. The first kappa shape index (κ1) is 13.8. The molecule has 3 rings (SSSR count). The molecule has 0 aliphatic carbocycles. The highest BCUT2D eigenvalue weighted by Gasteiger charge is 2.16. The monoisotopic (exact) mass is 301 g/mol. The fourth-order valence-electron chi connectivity index (χ4n) is 2.41. The maximum Gasteiger partial charge on any atom is 0.303 e. The van der Waals surface area contributed by atoms with Crippen LogP contribution in [0.5, 0.6) is 0 Å². The predicted molar refractivity (Wildman–Crippen MR) is 82.2 cm³/mol. The van der Waals surface area contributed by atoms with Gasteiger partial charge in [0.25, 0.3) is 0 Å². The topological polar surface area (TPSA) is 68.0 Å². The van der Waals surface area contributed by atoms with Crippen molar-refractivity contribution >= 4 is 27.5 Å². The largest absolute Gasteiger partial charge is 0.481 e. The number of fused-ring (bicyclic) bond motifs is 1. The van der Waals surface area contributed by atoms with Crippen molar-refractivity contribution in [3.63, 3.8) is 0 Å². The van der Waals surface area contributed by atoms with Gasteiger partial charge in [-0.3, -0.25) is 4.79 Å². The van der Waals surface area contributed by atoms with Crippen molar-refractivity contribution in [2.24, 2.45) is 0 Å². The van der Waals surface area contributed by atoms with Gasteiger partial charge in [-0.25, -0.2) is 9.67 Å². The second kappa shape index (κ2) is 5.29. The molecule has 5 nitrogen and oxygen atoms in total. The summed E-state index contributed by atoms with van der Waals surface area (Å²) < 4.78 is 2.93. The number of aryl methyl sites for hydroxylation is 1. The van der Waals surface area contributed by atoms with Gasteiger partial charge in [0, 0.05) is 12.1 Å². The quantitative estimate of drug-likeness (QED) is 0.804. The summed E-state index contributed by atoms with van der Waals surface area (Å²) in [5, 5.41) is 14.2. The molecule has 3 aromatic rings. The number of benzene rings is 1. The van der Waals surface area contributed by atoms with Gasteiger partial charge in [0.1, 0.15) is 0 Å². The summed E-state index contributed by atoms with van der Waals surface area (Å²) in [5.74, 6) is -0.790. The van der Waals surface area contributed by atoms with Crippen LogP contribution in [0.4, 0.5) is 0 Å². The van der Waals surface area contributed by atoms with E-state index in [2.05, 4.69) is 10.1 Å². The van der Waals surface area contributed by atoms with Crippen molar-refractivity contribution < 1.29 is 9.90 Å². The minimum absolute atomic E-state index is 0.118. The van der Waals surface area contributed by atoms with E-state index in [-0.39, 0.29) is 6.42 Å². The third-order valence-corrected chi connectivity index (χ3v) is 4.51. The van der Waals surface area contributed by atoms with Gasteiger partial charge in [-0.15, -0.1) is 0 Å². The summed E-state index contributed by atoms with van der Waals surface area (Å²) in [6.07, 6.45) is 0.616. The maximum atomic E-state index is 10.8. The Labute approximate surface area is 125 Å². The van der Waals surface area contributed by atoms with Gasteiger partial charge < -0.3 is 5.11 Å². The van der Waals surface area contributed by atoms with Crippen molar-refractivity contribution in [2.75, 3.05) is 0 Å². The highest BCUT2D eigenvalue weighted by molar-refractivity contribution is 7.20. The summed E-state index contributed by atoms with van der Waals surface area (Å²) in [7, 11) is 0. The van der Waals surface area contributed by atoms with Crippen LogP contribution in [-0.4, -0.2) is 25.8 Å². The zero-order chi connectivity index (χ0) is 15.0. The molecule has 1 N–H and O–H groups in total.